The van der Waals surface area contributed by atoms with Gasteiger partial charge in [-0.3, -0.25) is 4.18 Å². The summed E-state index contributed by atoms with van der Waals surface area (Å²) in [6.07, 6.45) is 15.0. The first-order valence-corrected chi connectivity index (χ1v) is 11.5. The zero-order valence-electron chi connectivity index (χ0n) is 15.5. The maximum atomic E-state index is 12.0. The van der Waals surface area contributed by atoms with Crippen molar-refractivity contribution in [1.82, 2.24) is 0 Å². The van der Waals surface area contributed by atoms with Crippen molar-refractivity contribution in [2.24, 2.45) is 0 Å². The molecule has 0 N–H and O–H groups in total. The fourth-order valence-corrected chi connectivity index (χ4v) is 3.85. The van der Waals surface area contributed by atoms with Crippen molar-refractivity contribution >= 4 is 21.7 Å². The third kappa shape index (κ3) is 10.9. The standard InChI is InChI=1S/C20H33ClO3S/c1-2-3-4-5-6-7-8-9-10-11-12-13-18-24-25(22,23)20-16-14-19(21)15-17-20/h14-17H,2-13,18H2,1H3. The van der Waals surface area contributed by atoms with Crippen molar-refractivity contribution < 1.29 is 12.6 Å². The van der Waals surface area contributed by atoms with Gasteiger partial charge in [-0.15, -0.1) is 0 Å². The maximum Gasteiger partial charge on any atom is 0.296 e. The van der Waals surface area contributed by atoms with E-state index in [2.05, 4.69) is 6.92 Å². The molecule has 1 rings (SSSR count). The molecule has 1 aromatic rings. The van der Waals surface area contributed by atoms with Crippen LogP contribution in [0.15, 0.2) is 29.2 Å². The Labute approximate surface area is 159 Å². The summed E-state index contributed by atoms with van der Waals surface area (Å²) in [5.41, 5.74) is 0. The van der Waals surface area contributed by atoms with Gasteiger partial charge in [-0.05, 0) is 30.7 Å². The summed E-state index contributed by atoms with van der Waals surface area (Å²) in [6, 6.07) is 6.06. The van der Waals surface area contributed by atoms with Gasteiger partial charge in [0.25, 0.3) is 10.1 Å². The van der Waals surface area contributed by atoms with Crippen LogP contribution in [0.3, 0.4) is 0 Å². The van der Waals surface area contributed by atoms with Gasteiger partial charge in [0.05, 0.1) is 11.5 Å². The van der Waals surface area contributed by atoms with Crippen LogP contribution >= 0.6 is 11.6 Å². The fraction of sp³-hybridized carbons (Fsp3) is 0.700. The van der Waals surface area contributed by atoms with Gasteiger partial charge in [0.1, 0.15) is 0 Å². The first-order chi connectivity index (χ1) is 12.1. The molecule has 0 aliphatic rings. The highest BCUT2D eigenvalue weighted by Crippen LogP contribution is 2.17. The van der Waals surface area contributed by atoms with Crippen LogP contribution in [0.5, 0.6) is 0 Å². The predicted molar refractivity (Wildman–Crippen MR) is 106 cm³/mol. The molecule has 144 valence electrons. The smallest absolute Gasteiger partial charge is 0.266 e. The van der Waals surface area contributed by atoms with Crippen molar-refractivity contribution in [2.75, 3.05) is 6.61 Å². The lowest BCUT2D eigenvalue weighted by atomic mass is 10.1. The Morgan fingerprint density at radius 2 is 1.20 bits per heavy atom. The predicted octanol–water partition coefficient (Wildman–Crippen LogP) is 6.75. The Morgan fingerprint density at radius 3 is 1.68 bits per heavy atom. The highest BCUT2D eigenvalue weighted by atomic mass is 35.5. The highest BCUT2D eigenvalue weighted by Gasteiger charge is 2.14. The topological polar surface area (TPSA) is 43.4 Å². The molecular formula is C20H33ClO3S. The van der Waals surface area contributed by atoms with Crippen LogP contribution in [-0.2, 0) is 14.3 Å². The monoisotopic (exact) mass is 388 g/mol. The van der Waals surface area contributed by atoms with Crippen LogP contribution in [-0.4, -0.2) is 15.0 Å². The lowest BCUT2D eigenvalue weighted by molar-refractivity contribution is 0.306. The van der Waals surface area contributed by atoms with Crippen molar-refractivity contribution in [3.63, 3.8) is 0 Å². The van der Waals surface area contributed by atoms with Gasteiger partial charge >= 0.3 is 0 Å². The second kappa shape index (κ2) is 13.6. The third-order valence-corrected chi connectivity index (χ3v) is 5.92. The largest absolute Gasteiger partial charge is 0.296 e. The van der Waals surface area contributed by atoms with E-state index in [0.29, 0.717) is 5.02 Å². The second-order valence-corrected chi connectivity index (χ2v) is 8.67. The molecule has 5 heteroatoms. The normalized spacial score (nSPS) is 11.8. The summed E-state index contributed by atoms with van der Waals surface area (Å²) in [5, 5.41) is 0.514. The average Bonchev–Trinajstić information content (AvgIpc) is 2.59. The summed E-state index contributed by atoms with van der Waals surface area (Å²) < 4.78 is 29.0. The first kappa shape index (κ1) is 22.5. The van der Waals surface area contributed by atoms with Crippen LogP contribution in [0.1, 0.15) is 84.0 Å². The van der Waals surface area contributed by atoms with E-state index < -0.39 is 10.1 Å². The third-order valence-electron chi connectivity index (χ3n) is 4.34. The van der Waals surface area contributed by atoms with E-state index in [1.807, 2.05) is 0 Å². The first-order valence-electron chi connectivity index (χ1n) is 9.71. The van der Waals surface area contributed by atoms with Crippen molar-refractivity contribution in [3.8, 4) is 0 Å². The van der Waals surface area contributed by atoms with E-state index in [9.17, 15) is 8.42 Å². The zero-order valence-corrected chi connectivity index (χ0v) is 17.1. The Kier molecular flexibility index (Phi) is 12.2. The molecule has 25 heavy (non-hydrogen) atoms. The summed E-state index contributed by atoms with van der Waals surface area (Å²) in [5.74, 6) is 0. The van der Waals surface area contributed by atoms with E-state index in [4.69, 9.17) is 15.8 Å². The summed E-state index contributed by atoms with van der Waals surface area (Å²) in [6.45, 7) is 2.50. The molecule has 0 aliphatic carbocycles. The quantitative estimate of drug-likeness (QED) is 0.246. The van der Waals surface area contributed by atoms with Gasteiger partial charge < -0.3 is 0 Å². The lowest BCUT2D eigenvalue weighted by Gasteiger charge is -2.06. The molecule has 0 spiro atoms. The SMILES string of the molecule is CCCCCCCCCCCCCCOS(=O)(=O)c1ccc(Cl)cc1. The van der Waals surface area contributed by atoms with Crippen molar-refractivity contribution in [3.05, 3.63) is 29.3 Å². The Hall–Kier alpha value is -0.580. The van der Waals surface area contributed by atoms with Crippen molar-refractivity contribution in [2.45, 2.75) is 88.9 Å². The molecule has 0 saturated carbocycles. The highest BCUT2D eigenvalue weighted by molar-refractivity contribution is 7.86. The van der Waals surface area contributed by atoms with E-state index in [-0.39, 0.29) is 11.5 Å². The number of halogens is 1. The molecule has 0 aliphatic heterocycles. The molecule has 0 saturated heterocycles. The number of unbranched alkanes of at least 4 members (excludes halogenated alkanes) is 11. The molecule has 0 bridgehead atoms. The van der Waals surface area contributed by atoms with Gasteiger partial charge in [0, 0.05) is 5.02 Å². The summed E-state index contributed by atoms with van der Waals surface area (Å²) in [7, 11) is -3.65. The summed E-state index contributed by atoms with van der Waals surface area (Å²) in [4.78, 5) is 0.163. The van der Waals surface area contributed by atoms with E-state index >= 15 is 0 Å². The van der Waals surface area contributed by atoms with Crippen LogP contribution in [0.4, 0.5) is 0 Å². The Balaban J connectivity index is 1.97. The minimum atomic E-state index is -3.65. The molecule has 0 radical (unpaired) electrons. The molecule has 0 heterocycles. The molecule has 0 atom stereocenters. The van der Waals surface area contributed by atoms with Gasteiger partial charge in [0.2, 0.25) is 0 Å². The Morgan fingerprint density at radius 1 is 0.760 bits per heavy atom. The van der Waals surface area contributed by atoms with Crippen molar-refractivity contribution in [1.29, 1.82) is 0 Å². The molecule has 0 aromatic heterocycles. The van der Waals surface area contributed by atoms with Gasteiger partial charge in [-0.1, -0.05) is 89.2 Å². The number of rotatable bonds is 15. The fourth-order valence-electron chi connectivity index (χ4n) is 2.78. The maximum absolute atomic E-state index is 12.0. The van der Waals surface area contributed by atoms with Crippen LogP contribution in [0.25, 0.3) is 0 Å². The summed E-state index contributed by atoms with van der Waals surface area (Å²) >= 11 is 5.76. The molecule has 1 aromatic carbocycles. The molecule has 3 nitrogen and oxygen atoms in total. The average molecular weight is 389 g/mol. The minimum Gasteiger partial charge on any atom is -0.266 e. The van der Waals surface area contributed by atoms with Crippen LogP contribution in [0.2, 0.25) is 5.02 Å². The lowest BCUT2D eigenvalue weighted by Crippen LogP contribution is -2.07. The molecular weight excluding hydrogens is 356 g/mol. The molecule has 0 fully saturated rings. The van der Waals surface area contributed by atoms with E-state index in [1.54, 1.807) is 12.1 Å². The Bertz CT molecular complexity index is 541. The van der Waals surface area contributed by atoms with E-state index in [1.165, 1.54) is 69.9 Å². The van der Waals surface area contributed by atoms with Crippen LogP contribution in [0, 0.1) is 0 Å². The van der Waals surface area contributed by atoms with E-state index in [0.717, 1.165) is 19.3 Å². The van der Waals surface area contributed by atoms with Gasteiger partial charge in [-0.2, -0.15) is 8.42 Å². The minimum absolute atomic E-state index is 0.163. The second-order valence-electron chi connectivity index (χ2n) is 6.62. The van der Waals surface area contributed by atoms with Crippen LogP contribution < -0.4 is 0 Å². The molecule has 0 unspecified atom stereocenters. The van der Waals surface area contributed by atoms with Gasteiger partial charge in [-0.25, -0.2) is 0 Å². The number of hydrogen-bond donors (Lipinski definition) is 0. The van der Waals surface area contributed by atoms with Gasteiger partial charge in [0.15, 0.2) is 0 Å². The number of hydrogen-bond acceptors (Lipinski definition) is 3. The number of benzene rings is 1. The zero-order chi connectivity index (χ0) is 18.4. The molecule has 0 amide bonds.